The molecule has 1 heterocycles. The van der Waals surface area contributed by atoms with Crippen LogP contribution in [-0.4, -0.2) is 4.98 Å². The molecule has 0 aliphatic carbocycles. The predicted octanol–water partition coefficient (Wildman–Crippen LogP) is 4.56. The minimum Gasteiger partial charge on any atom is -0.326 e. The molecule has 2 N–H and O–H groups in total. The monoisotopic (exact) mass is 312 g/mol. The van der Waals surface area contributed by atoms with Crippen LogP contribution in [0.5, 0.6) is 0 Å². The molecule has 2 aromatic carbocycles. The maximum Gasteiger partial charge on any atom is 0.150 e. The number of nitrogens with two attached hydrogens (primary N) is 1. The molecule has 0 radical (unpaired) electrons. The fourth-order valence-corrected chi connectivity index (χ4v) is 3.78. The molecular weight excluding hydrogens is 296 g/mol. The van der Waals surface area contributed by atoms with E-state index in [1.807, 2.05) is 17.6 Å². The first-order chi connectivity index (χ1) is 10.4. The fourth-order valence-electron chi connectivity index (χ4n) is 2.19. The van der Waals surface area contributed by atoms with Crippen LogP contribution in [0.15, 0.2) is 64.4 Å². The molecule has 3 rings (SSSR count). The third kappa shape index (κ3) is 3.53. The molecule has 0 amide bonds. The van der Waals surface area contributed by atoms with Gasteiger partial charge >= 0.3 is 0 Å². The van der Waals surface area contributed by atoms with Gasteiger partial charge in [0, 0.05) is 23.9 Å². The number of rotatable bonds is 5. The molecule has 1 aromatic heterocycles. The molecule has 4 heteroatoms. The molecule has 0 unspecified atom stereocenters. The van der Waals surface area contributed by atoms with Gasteiger partial charge in [-0.05, 0) is 22.3 Å². The van der Waals surface area contributed by atoms with Crippen molar-refractivity contribution in [3.8, 4) is 11.1 Å². The van der Waals surface area contributed by atoms with Crippen LogP contribution in [0.3, 0.4) is 0 Å². The third-order valence-corrected chi connectivity index (χ3v) is 5.31. The molecule has 0 fully saturated rings. The van der Waals surface area contributed by atoms with Gasteiger partial charge in [-0.1, -0.05) is 60.3 Å². The lowest BCUT2D eigenvalue weighted by Gasteiger charge is -2.08. The number of aromatic nitrogens is 1. The number of thioether (sulfide) groups is 1. The minimum absolute atomic E-state index is 0.567. The van der Waals surface area contributed by atoms with Crippen LogP contribution in [0.25, 0.3) is 11.1 Å². The second-order valence-electron chi connectivity index (χ2n) is 4.64. The zero-order chi connectivity index (χ0) is 14.5. The van der Waals surface area contributed by atoms with Crippen LogP contribution in [-0.2, 0) is 12.3 Å². The van der Waals surface area contributed by atoms with Crippen molar-refractivity contribution in [1.82, 2.24) is 4.98 Å². The van der Waals surface area contributed by atoms with Gasteiger partial charge in [0.1, 0.15) is 4.34 Å². The molecule has 0 spiro atoms. The Morgan fingerprint density at radius 2 is 1.86 bits per heavy atom. The molecule has 0 saturated heterocycles. The first-order valence-corrected chi connectivity index (χ1v) is 8.63. The number of nitrogens with zero attached hydrogens (tertiary/aromatic N) is 1. The molecule has 3 aromatic rings. The molecule has 0 saturated carbocycles. The van der Waals surface area contributed by atoms with Gasteiger partial charge in [0.05, 0.1) is 0 Å². The van der Waals surface area contributed by atoms with Crippen molar-refractivity contribution in [2.24, 2.45) is 5.73 Å². The van der Waals surface area contributed by atoms with Crippen LogP contribution in [0, 0.1) is 0 Å². The standard InChI is InChI=1S/C17H16N2S2/c18-11-15-3-1-2-4-16(15)14-7-5-13(6-8-14)12-21-17-19-9-10-20-17/h1-10H,11-12,18H2. The highest BCUT2D eigenvalue weighted by Gasteiger charge is 2.04. The lowest BCUT2D eigenvalue weighted by Crippen LogP contribution is -1.98. The smallest absolute Gasteiger partial charge is 0.150 e. The van der Waals surface area contributed by atoms with Gasteiger partial charge in [-0.25, -0.2) is 4.98 Å². The van der Waals surface area contributed by atoms with Crippen molar-refractivity contribution in [3.63, 3.8) is 0 Å². The Kier molecular flexibility index (Phi) is 4.70. The van der Waals surface area contributed by atoms with E-state index < -0.39 is 0 Å². The lowest BCUT2D eigenvalue weighted by atomic mass is 9.99. The summed E-state index contributed by atoms with van der Waals surface area (Å²) in [6.07, 6.45) is 1.85. The van der Waals surface area contributed by atoms with Crippen molar-refractivity contribution >= 4 is 23.1 Å². The van der Waals surface area contributed by atoms with E-state index >= 15 is 0 Å². The second kappa shape index (κ2) is 6.89. The van der Waals surface area contributed by atoms with Crippen LogP contribution in [0.1, 0.15) is 11.1 Å². The van der Waals surface area contributed by atoms with E-state index in [1.165, 1.54) is 22.3 Å². The number of thiazole rings is 1. The number of benzene rings is 2. The number of hydrogen-bond donors (Lipinski definition) is 1. The predicted molar refractivity (Wildman–Crippen MR) is 91.4 cm³/mol. The lowest BCUT2D eigenvalue weighted by molar-refractivity contribution is 1.07. The van der Waals surface area contributed by atoms with E-state index in [0.717, 1.165) is 10.1 Å². The largest absolute Gasteiger partial charge is 0.326 e. The fraction of sp³-hybridized carbons (Fsp3) is 0.118. The molecule has 0 atom stereocenters. The van der Waals surface area contributed by atoms with Gasteiger partial charge in [0.25, 0.3) is 0 Å². The summed E-state index contributed by atoms with van der Waals surface area (Å²) in [6, 6.07) is 17.0. The van der Waals surface area contributed by atoms with Crippen LogP contribution in [0.2, 0.25) is 0 Å². The van der Waals surface area contributed by atoms with E-state index in [-0.39, 0.29) is 0 Å². The van der Waals surface area contributed by atoms with Crippen LogP contribution < -0.4 is 5.73 Å². The summed E-state index contributed by atoms with van der Waals surface area (Å²) in [6.45, 7) is 0.567. The van der Waals surface area contributed by atoms with Crippen molar-refractivity contribution in [2.75, 3.05) is 0 Å². The van der Waals surface area contributed by atoms with Gasteiger partial charge in [0.2, 0.25) is 0 Å². The van der Waals surface area contributed by atoms with E-state index in [1.54, 1.807) is 23.1 Å². The van der Waals surface area contributed by atoms with Gasteiger partial charge in [-0.15, -0.1) is 11.3 Å². The van der Waals surface area contributed by atoms with Crippen molar-refractivity contribution in [3.05, 3.63) is 71.2 Å². The van der Waals surface area contributed by atoms with Gasteiger partial charge < -0.3 is 5.73 Å². The van der Waals surface area contributed by atoms with Gasteiger partial charge in [-0.3, -0.25) is 0 Å². The zero-order valence-corrected chi connectivity index (χ0v) is 13.2. The highest BCUT2D eigenvalue weighted by Crippen LogP contribution is 2.27. The molecule has 2 nitrogen and oxygen atoms in total. The Bertz CT molecular complexity index is 691. The first kappa shape index (κ1) is 14.3. The van der Waals surface area contributed by atoms with Crippen LogP contribution in [0.4, 0.5) is 0 Å². The second-order valence-corrected chi connectivity index (χ2v) is 6.76. The summed E-state index contributed by atoms with van der Waals surface area (Å²) in [7, 11) is 0. The normalized spacial score (nSPS) is 10.7. The molecule has 21 heavy (non-hydrogen) atoms. The Morgan fingerprint density at radius 3 is 2.57 bits per heavy atom. The molecule has 0 aliphatic heterocycles. The van der Waals surface area contributed by atoms with E-state index in [2.05, 4.69) is 47.4 Å². The molecule has 0 bridgehead atoms. The summed E-state index contributed by atoms with van der Waals surface area (Å²) < 4.78 is 1.12. The first-order valence-electron chi connectivity index (χ1n) is 6.76. The minimum atomic E-state index is 0.567. The highest BCUT2D eigenvalue weighted by molar-refractivity contribution is 8.00. The Labute approximate surface area is 133 Å². The van der Waals surface area contributed by atoms with Gasteiger partial charge in [-0.2, -0.15) is 0 Å². The molecule has 106 valence electrons. The highest BCUT2D eigenvalue weighted by atomic mass is 32.2. The Morgan fingerprint density at radius 1 is 1.05 bits per heavy atom. The number of hydrogen-bond acceptors (Lipinski definition) is 4. The Balaban J connectivity index is 1.74. The SMILES string of the molecule is NCc1ccccc1-c1ccc(CSc2nccs2)cc1. The summed E-state index contributed by atoms with van der Waals surface area (Å²) in [5.74, 6) is 0.951. The van der Waals surface area contributed by atoms with Gasteiger partial charge in [0.15, 0.2) is 0 Å². The van der Waals surface area contributed by atoms with Crippen molar-refractivity contribution in [2.45, 2.75) is 16.6 Å². The average molecular weight is 312 g/mol. The Hall–Kier alpha value is -1.62. The van der Waals surface area contributed by atoms with E-state index in [4.69, 9.17) is 5.73 Å². The van der Waals surface area contributed by atoms with E-state index in [9.17, 15) is 0 Å². The quantitative estimate of drug-likeness (QED) is 0.702. The zero-order valence-electron chi connectivity index (χ0n) is 11.5. The average Bonchev–Trinajstić information content (AvgIpc) is 3.07. The maximum absolute atomic E-state index is 5.81. The van der Waals surface area contributed by atoms with Crippen LogP contribution >= 0.6 is 23.1 Å². The molecule has 0 aliphatic rings. The summed E-state index contributed by atoms with van der Waals surface area (Å²) in [4.78, 5) is 4.29. The topological polar surface area (TPSA) is 38.9 Å². The third-order valence-electron chi connectivity index (χ3n) is 3.27. The summed E-state index contributed by atoms with van der Waals surface area (Å²) in [5.41, 5.74) is 10.7. The molecular formula is C17H16N2S2. The maximum atomic E-state index is 5.81. The van der Waals surface area contributed by atoms with Crippen molar-refractivity contribution in [1.29, 1.82) is 0 Å². The van der Waals surface area contributed by atoms with Crippen molar-refractivity contribution < 1.29 is 0 Å². The summed E-state index contributed by atoms with van der Waals surface area (Å²) in [5, 5.41) is 2.01. The summed E-state index contributed by atoms with van der Waals surface area (Å²) >= 11 is 3.46. The van der Waals surface area contributed by atoms with E-state index in [0.29, 0.717) is 6.54 Å².